The van der Waals surface area contributed by atoms with Gasteiger partial charge in [-0.2, -0.15) is 0 Å². The van der Waals surface area contributed by atoms with Gasteiger partial charge in [0.2, 0.25) is 0 Å². The van der Waals surface area contributed by atoms with Gasteiger partial charge < -0.3 is 5.11 Å². The molecule has 0 atom stereocenters. The molecular weight excluding hydrogens is 257 g/mol. The number of rotatable bonds is 7. The molecule has 4 heteroatoms. The van der Waals surface area contributed by atoms with Crippen LogP contribution >= 0.6 is 0 Å². The van der Waals surface area contributed by atoms with Crippen molar-refractivity contribution in [2.45, 2.75) is 34.2 Å². The first-order valence-electron chi connectivity index (χ1n) is 7.04. The van der Waals surface area contributed by atoms with Crippen molar-refractivity contribution in [2.24, 2.45) is 11.8 Å². The Labute approximate surface area is 120 Å². The van der Waals surface area contributed by atoms with Gasteiger partial charge in [-0.3, -0.25) is 4.90 Å². The molecule has 0 spiro atoms. The van der Waals surface area contributed by atoms with E-state index in [1.54, 1.807) is 12.1 Å². The van der Waals surface area contributed by atoms with Gasteiger partial charge in [-0.25, -0.2) is 9.18 Å². The molecule has 0 saturated heterocycles. The van der Waals surface area contributed by atoms with Crippen LogP contribution in [0.1, 0.15) is 43.6 Å². The Hall–Kier alpha value is -1.42. The Morgan fingerprint density at radius 2 is 1.75 bits per heavy atom. The van der Waals surface area contributed by atoms with E-state index >= 15 is 0 Å². The van der Waals surface area contributed by atoms with Gasteiger partial charge in [0.25, 0.3) is 0 Å². The summed E-state index contributed by atoms with van der Waals surface area (Å²) in [5, 5.41) is 8.96. The molecule has 3 nitrogen and oxygen atoms in total. The van der Waals surface area contributed by atoms with Gasteiger partial charge in [-0.1, -0.05) is 39.8 Å². The topological polar surface area (TPSA) is 40.5 Å². The van der Waals surface area contributed by atoms with E-state index in [0.717, 1.165) is 13.1 Å². The van der Waals surface area contributed by atoms with Gasteiger partial charge >= 0.3 is 5.97 Å². The summed E-state index contributed by atoms with van der Waals surface area (Å²) in [6.45, 7) is 10.7. The number of hydrogen-bond donors (Lipinski definition) is 1. The van der Waals surface area contributed by atoms with Gasteiger partial charge in [0.15, 0.2) is 0 Å². The molecule has 0 aromatic heterocycles. The molecule has 0 unspecified atom stereocenters. The molecule has 0 aliphatic rings. The fourth-order valence-corrected chi connectivity index (χ4v) is 2.34. The van der Waals surface area contributed by atoms with Gasteiger partial charge in [0, 0.05) is 25.2 Å². The summed E-state index contributed by atoms with van der Waals surface area (Å²) < 4.78 is 14.2. The molecule has 0 radical (unpaired) electrons. The summed E-state index contributed by atoms with van der Waals surface area (Å²) in [7, 11) is 0. The molecular formula is C16H24FNO2. The highest BCUT2D eigenvalue weighted by Gasteiger charge is 2.17. The van der Waals surface area contributed by atoms with Crippen molar-refractivity contribution in [3.05, 3.63) is 35.1 Å². The van der Waals surface area contributed by atoms with Crippen LogP contribution in [0.4, 0.5) is 4.39 Å². The van der Waals surface area contributed by atoms with Crippen molar-refractivity contribution >= 4 is 5.97 Å². The summed E-state index contributed by atoms with van der Waals surface area (Å²) in [6.07, 6.45) is 0. The molecule has 20 heavy (non-hydrogen) atoms. The van der Waals surface area contributed by atoms with E-state index in [9.17, 15) is 9.18 Å². The lowest BCUT2D eigenvalue weighted by atomic mass is 10.1. The normalized spacial score (nSPS) is 11.6. The summed E-state index contributed by atoms with van der Waals surface area (Å²) in [6, 6.07) is 4.57. The van der Waals surface area contributed by atoms with Crippen molar-refractivity contribution < 1.29 is 14.3 Å². The first-order chi connectivity index (χ1) is 9.31. The van der Waals surface area contributed by atoms with Crippen LogP contribution in [-0.2, 0) is 6.54 Å². The molecule has 1 aromatic carbocycles. The second kappa shape index (κ2) is 7.39. The van der Waals surface area contributed by atoms with Crippen LogP contribution in [0.15, 0.2) is 18.2 Å². The van der Waals surface area contributed by atoms with Crippen LogP contribution in [0.5, 0.6) is 0 Å². The zero-order valence-corrected chi connectivity index (χ0v) is 12.7. The largest absolute Gasteiger partial charge is 0.478 e. The molecule has 0 saturated carbocycles. The minimum atomic E-state index is -1.22. The Balaban J connectivity index is 2.92. The van der Waals surface area contributed by atoms with E-state index in [-0.39, 0.29) is 5.56 Å². The molecule has 0 heterocycles. The third-order valence-corrected chi connectivity index (χ3v) is 2.95. The fraction of sp³-hybridized carbons (Fsp3) is 0.562. The maximum absolute atomic E-state index is 14.2. The predicted molar refractivity (Wildman–Crippen MR) is 78.3 cm³/mol. The Morgan fingerprint density at radius 1 is 1.20 bits per heavy atom. The van der Waals surface area contributed by atoms with Crippen molar-refractivity contribution in [3.8, 4) is 0 Å². The van der Waals surface area contributed by atoms with Crippen LogP contribution in [0.2, 0.25) is 0 Å². The smallest absolute Gasteiger partial charge is 0.338 e. The number of carboxylic acids is 1. The maximum atomic E-state index is 14.2. The quantitative estimate of drug-likeness (QED) is 0.829. The molecule has 1 rings (SSSR count). The Kier molecular flexibility index (Phi) is 6.14. The number of benzene rings is 1. The van der Waals surface area contributed by atoms with Crippen molar-refractivity contribution in [2.75, 3.05) is 13.1 Å². The SMILES string of the molecule is CC(C)CN(Cc1cccc(C(=O)O)c1F)CC(C)C. The lowest BCUT2D eigenvalue weighted by molar-refractivity contribution is 0.0691. The second-order valence-electron chi connectivity index (χ2n) is 6.07. The van der Waals surface area contributed by atoms with Gasteiger partial charge in [0.05, 0.1) is 5.56 Å². The molecule has 0 aliphatic carbocycles. The molecule has 0 bridgehead atoms. The highest BCUT2D eigenvalue weighted by molar-refractivity contribution is 5.88. The fourth-order valence-electron chi connectivity index (χ4n) is 2.34. The lowest BCUT2D eigenvalue weighted by Crippen LogP contribution is -2.31. The summed E-state index contributed by atoms with van der Waals surface area (Å²) in [5.74, 6) is -0.861. The predicted octanol–water partition coefficient (Wildman–Crippen LogP) is 3.64. The monoisotopic (exact) mass is 281 g/mol. The Morgan fingerprint density at radius 3 is 2.20 bits per heavy atom. The Bertz CT molecular complexity index is 448. The van der Waals surface area contributed by atoms with E-state index < -0.39 is 11.8 Å². The molecule has 0 aliphatic heterocycles. The highest BCUT2D eigenvalue weighted by atomic mass is 19.1. The van der Waals surface area contributed by atoms with Gasteiger partial charge in [-0.05, 0) is 17.9 Å². The molecule has 112 valence electrons. The first-order valence-corrected chi connectivity index (χ1v) is 7.04. The minimum absolute atomic E-state index is 0.253. The van der Waals surface area contributed by atoms with Gasteiger partial charge in [-0.15, -0.1) is 0 Å². The van der Waals surface area contributed by atoms with Crippen LogP contribution in [0.25, 0.3) is 0 Å². The van der Waals surface area contributed by atoms with Crippen molar-refractivity contribution in [3.63, 3.8) is 0 Å². The summed E-state index contributed by atoms with van der Waals surface area (Å²) >= 11 is 0. The molecule has 1 N–H and O–H groups in total. The number of aromatic carboxylic acids is 1. The standard InChI is InChI=1S/C16H24FNO2/c1-11(2)8-18(9-12(3)4)10-13-6-5-7-14(15(13)17)16(19)20/h5-7,11-12H,8-10H2,1-4H3,(H,19,20). The average Bonchev–Trinajstić information content (AvgIpc) is 2.29. The van der Waals surface area contributed by atoms with Crippen LogP contribution in [0.3, 0.4) is 0 Å². The first kappa shape index (κ1) is 16.6. The number of carboxylic acid groups (broad SMARTS) is 1. The number of nitrogens with zero attached hydrogens (tertiary/aromatic N) is 1. The molecule has 1 aromatic rings. The average molecular weight is 281 g/mol. The van der Waals surface area contributed by atoms with E-state index in [1.807, 2.05) is 0 Å². The van der Waals surface area contributed by atoms with E-state index in [0.29, 0.717) is 23.9 Å². The number of carbonyl (C=O) groups is 1. The summed E-state index contributed by atoms with van der Waals surface area (Å²) in [4.78, 5) is 13.1. The van der Waals surface area contributed by atoms with Gasteiger partial charge in [0.1, 0.15) is 5.82 Å². The second-order valence-corrected chi connectivity index (χ2v) is 6.07. The zero-order chi connectivity index (χ0) is 15.3. The minimum Gasteiger partial charge on any atom is -0.478 e. The molecule has 0 amide bonds. The van der Waals surface area contributed by atoms with E-state index in [2.05, 4.69) is 32.6 Å². The lowest BCUT2D eigenvalue weighted by Gasteiger charge is -2.26. The zero-order valence-electron chi connectivity index (χ0n) is 12.7. The van der Waals surface area contributed by atoms with Crippen LogP contribution in [-0.4, -0.2) is 29.1 Å². The van der Waals surface area contributed by atoms with E-state index in [1.165, 1.54) is 6.07 Å². The highest BCUT2D eigenvalue weighted by Crippen LogP contribution is 2.17. The molecule has 0 fully saturated rings. The third-order valence-electron chi connectivity index (χ3n) is 2.95. The summed E-state index contributed by atoms with van der Waals surface area (Å²) in [5.41, 5.74) is 0.197. The van der Waals surface area contributed by atoms with Crippen molar-refractivity contribution in [1.82, 2.24) is 4.90 Å². The number of hydrogen-bond acceptors (Lipinski definition) is 2. The maximum Gasteiger partial charge on any atom is 0.338 e. The van der Waals surface area contributed by atoms with E-state index in [4.69, 9.17) is 5.11 Å². The van der Waals surface area contributed by atoms with Crippen molar-refractivity contribution in [1.29, 1.82) is 0 Å². The van der Waals surface area contributed by atoms with Crippen LogP contribution in [0, 0.1) is 17.7 Å². The number of halogens is 1. The van der Waals surface area contributed by atoms with Crippen LogP contribution < -0.4 is 0 Å². The third kappa shape index (κ3) is 4.93.